The van der Waals surface area contributed by atoms with Gasteiger partial charge in [0, 0.05) is 48.6 Å². The summed E-state index contributed by atoms with van der Waals surface area (Å²) in [6.45, 7) is 1.38. The van der Waals surface area contributed by atoms with Gasteiger partial charge in [-0.05, 0) is 42.7 Å². The zero-order valence-corrected chi connectivity index (χ0v) is 19.8. The molecule has 4 rings (SSSR count). The molecule has 2 fully saturated rings. The summed E-state index contributed by atoms with van der Waals surface area (Å²) in [5.74, 6) is 6.32. The van der Waals surface area contributed by atoms with E-state index in [9.17, 15) is 13.2 Å². The number of rotatable bonds is 4. The molecule has 1 aromatic heterocycles. The number of aliphatic imine (C=N–C) groups is 1. The molecule has 0 radical (unpaired) electrons. The number of ether oxygens (including phenoxy) is 2. The highest BCUT2D eigenvalue weighted by Crippen LogP contribution is 2.45. The van der Waals surface area contributed by atoms with E-state index in [0.717, 1.165) is 30.7 Å². The summed E-state index contributed by atoms with van der Waals surface area (Å²) in [6, 6.07) is 4.00. The fourth-order valence-electron chi connectivity index (χ4n) is 3.60. The summed E-state index contributed by atoms with van der Waals surface area (Å²) in [7, 11) is 1.40. The number of hydrogen-bond donors (Lipinski definition) is 2. The molecule has 1 aliphatic heterocycles. The Bertz CT molecular complexity index is 1200. The fraction of sp³-hybridized carbons (Fsp3) is 0.375. The standard InChI is InChI=1S/C24H24F3N5O2S/c1-33-21-13-20(32-8-10-34-11-9-32)18(24(25,26)27)12-16(21)17-14-30-7-6-19(17)31-23(29)35-22(28)5-4-15-2-3-15/h6-7,12-15,28H,2-3,8-11H2,1H3,(H2,29,30,31). The predicted octanol–water partition coefficient (Wildman–Crippen LogP) is 4.68. The molecule has 0 atom stereocenters. The number of nitrogens with two attached hydrogens (primary N) is 1. The first kappa shape index (κ1) is 24.9. The number of morpholine rings is 1. The first-order valence-electron chi connectivity index (χ1n) is 10.9. The molecule has 184 valence electrons. The van der Waals surface area contributed by atoms with Gasteiger partial charge in [-0.3, -0.25) is 10.4 Å². The first-order valence-corrected chi connectivity index (χ1v) is 11.8. The van der Waals surface area contributed by atoms with E-state index in [4.69, 9.17) is 20.6 Å². The van der Waals surface area contributed by atoms with Crippen molar-refractivity contribution in [3.05, 3.63) is 36.2 Å². The van der Waals surface area contributed by atoms with Gasteiger partial charge in [-0.25, -0.2) is 4.99 Å². The van der Waals surface area contributed by atoms with Gasteiger partial charge in [-0.1, -0.05) is 5.92 Å². The molecular formula is C24H24F3N5O2S. The zero-order valence-electron chi connectivity index (χ0n) is 19.0. The lowest BCUT2D eigenvalue weighted by Crippen LogP contribution is -2.37. The van der Waals surface area contributed by atoms with Crippen molar-refractivity contribution in [3.63, 3.8) is 0 Å². The van der Waals surface area contributed by atoms with Gasteiger partial charge in [0.1, 0.15) is 10.8 Å². The number of methoxy groups -OCH3 is 1. The van der Waals surface area contributed by atoms with Crippen molar-refractivity contribution < 1.29 is 22.6 Å². The number of anilines is 1. The van der Waals surface area contributed by atoms with E-state index in [1.54, 1.807) is 11.0 Å². The molecule has 1 saturated carbocycles. The first-order chi connectivity index (χ1) is 16.8. The SMILES string of the molecule is COc1cc(N2CCOCC2)c(C(F)(F)F)cc1-c1cnccc1N=C(N)SC(=N)C#CC1CC1. The summed E-state index contributed by atoms with van der Waals surface area (Å²) in [6.07, 6.45) is 0.381. The normalized spacial score (nSPS) is 16.5. The predicted molar refractivity (Wildman–Crippen MR) is 131 cm³/mol. The lowest BCUT2D eigenvalue weighted by molar-refractivity contribution is -0.137. The van der Waals surface area contributed by atoms with E-state index in [1.165, 1.54) is 25.6 Å². The van der Waals surface area contributed by atoms with Crippen LogP contribution in [-0.2, 0) is 10.9 Å². The van der Waals surface area contributed by atoms with Crippen molar-refractivity contribution >= 4 is 33.3 Å². The number of alkyl halides is 3. The van der Waals surface area contributed by atoms with Crippen molar-refractivity contribution in [3.8, 4) is 28.7 Å². The van der Waals surface area contributed by atoms with Crippen LogP contribution < -0.4 is 15.4 Å². The number of hydrogen-bond acceptors (Lipinski definition) is 7. The van der Waals surface area contributed by atoms with Crippen LogP contribution in [0, 0.1) is 23.2 Å². The molecule has 1 aliphatic carbocycles. The summed E-state index contributed by atoms with van der Waals surface area (Å²) in [4.78, 5) is 10.1. The average molecular weight is 504 g/mol. The number of amidine groups is 1. The molecule has 0 amide bonds. The van der Waals surface area contributed by atoms with Crippen molar-refractivity contribution in [2.75, 3.05) is 38.3 Å². The number of thioether (sulfide) groups is 1. The molecule has 1 aromatic carbocycles. The van der Waals surface area contributed by atoms with Gasteiger partial charge >= 0.3 is 6.18 Å². The Labute approximate surface area is 205 Å². The second kappa shape index (κ2) is 10.6. The third-order valence-corrected chi connectivity index (χ3v) is 6.07. The Morgan fingerprint density at radius 2 is 2.03 bits per heavy atom. The highest BCUT2D eigenvalue weighted by molar-refractivity contribution is 8.26. The number of nitrogens with one attached hydrogen (secondary N) is 1. The van der Waals surface area contributed by atoms with E-state index in [0.29, 0.717) is 43.5 Å². The van der Waals surface area contributed by atoms with Gasteiger partial charge in [-0.15, -0.1) is 0 Å². The summed E-state index contributed by atoms with van der Waals surface area (Å²) < 4.78 is 53.1. The lowest BCUT2D eigenvalue weighted by Gasteiger charge is -2.32. The van der Waals surface area contributed by atoms with Crippen molar-refractivity contribution in [1.82, 2.24) is 4.98 Å². The Morgan fingerprint density at radius 1 is 1.29 bits per heavy atom. The number of nitrogens with zero attached hydrogens (tertiary/aromatic N) is 3. The van der Waals surface area contributed by atoms with Crippen LogP contribution in [0.3, 0.4) is 0 Å². The summed E-state index contributed by atoms with van der Waals surface area (Å²) in [5.41, 5.74) is 6.08. The molecule has 3 N–H and O–H groups in total. The van der Waals surface area contributed by atoms with Crippen LogP contribution in [0.2, 0.25) is 0 Å². The van der Waals surface area contributed by atoms with Crippen molar-refractivity contribution in [2.24, 2.45) is 16.6 Å². The minimum atomic E-state index is -4.59. The maximum absolute atomic E-state index is 14.1. The van der Waals surface area contributed by atoms with Gasteiger partial charge in [0.25, 0.3) is 0 Å². The van der Waals surface area contributed by atoms with Crippen LogP contribution in [0.15, 0.2) is 35.6 Å². The van der Waals surface area contributed by atoms with Crippen LogP contribution in [0.25, 0.3) is 11.1 Å². The Morgan fingerprint density at radius 3 is 2.69 bits per heavy atom. The quantitative estimate of drug-likeness (QED) is 0.357. The number of pyridine rings is 1. The van der Waals surface area contributed by atoms with Crippen LogP contribution in [0.4, 0.5) is 24.5 Å². The molecule has 7 nitrogen and oxygen atoms in total. The molecule has 11 heteroatoms. The van der Waals surface area contributed by atoms with Gasteiger partial charge in [0.2, 0.25) is 0 Å². The Balaban J connectivity index is 1.73. The molecule has 0 spiro atoms. The second-order valence-electron chi connectivity index (χ2n) is 7.98. The minimum absolute atomic E-state index is 0.0353. The van der Waals surface area contributed by atoms with E-state index in [2.05, 4.69) is 21.8 Å². The Hall–Kier alpha value is -3.23. The Kier molecular flexibility index (Phi) is 7.52. The molecule has 35 heavy (non-hydrogen) atoms. The number of halogens is 3. The lowest BCUT2D eigenvalue weighted by atomic mass is 9.99. The molecule has 0 unspecified atom stereocenters. The average Bonchev–Trinajstić information content (AvgIpc) is 3.67. The van der Waals surface area contributed by atoms with E-state index in [-0.39, 0.29) is 27.2 Å². The molecule has 0 bridgehead atoms. The fourth-order valence-corrected chi connectivity index (χ4v) is 4.06. The maximum Gasteiger partial charge on any atom is 0.418 e. The van der Waals surface area contributed by atoms with Crippen LogP contribution >= 0.6 is 11.8 Å². The highest BCUT2D eigenvalue weighted by atomic mass is 32.2. The molecule has 1 saturated heterocycles. The van der Waals surface area contributed by atoms with Gasteiger partial charge < -0.3 is 20.1 Å². The van der Waals surface area contributed by atoms with E-state index in [1.807, 2.05) is 0 Å². The maximum atomic E-state index is 14.1. The third-order valence-electron chi connectivity index (χ3n) is 5.47. The van der Waals surface area contributed by atoms with Crippen molar-refractivity contribution in [1.29, 1.82) is 5.41 Å². The zero-order chi connectivity index (χ0) is 25.0. The second-order valence-corrected chi connectivity index (χ2v) is 9.02. The highest BCUT2D eigenvalue weighted by Gasteiger charge is 2.37. The third kappa shape index (κ3) is 6.26. The molecular weight excluding hydrogens is 479 g/mol. The van der Waals surface area contributed by atoms with Gasteiger partial charge in [-0.2, -0.15) is 13.2 Å². The number of aromatic nitrogens is 1. The molecule has 2 aromatic rings. The van der Waals surface area contributed by atoms with Gasteiger partial charge in [0.05, 0.1) is 37.3 Å². The largest absolute Gasteiger partial charge is 0.496 e. The number of benzene rings is 1. The topological polar surface area (TPSA) is 96.8 Å². The van der Waals surface area contributed by atoms with Crippen molar-refractivity contribution in [2.45, 2.75) is 19.0 Å². The molecule has 2 heterocycles. The van der Waals surface area contributed by atoms with E-state index >= 15 is 0 Å². The van der Waals surface area contributed by atoms with Crippen LogP contribution in [-0.4, -0.2) is 48.6 Å². The minimum Gasteiger partial charge on any atom is -0.496 e. The monoisotopic (exact) mass is 503 g/mol. The van der Waals surface area contributed by atoms with Crippen LogP contribution in [0.1, 0.15) is 18.4 Å². The van der Waals surface area contributed by atoms with E-state index < -0.39 is 11.7 Å². The smallest absolute Gasteiger partial charge is 0.418 e. The summed E-state index contributed by atoms with van der Waals surface area (Å²) in [5, 5.41) is 8.07. The summed E-state index contributed by atoms with van der Waals surface area (Å²) >= 11 is 0.894. The van der Waals surface area contributed by atoms with Crippen LogP contribution in [0.5, 0.6) is 5.75 Å². The van der Waals surface area contributed by atoms with Gasteiger partial charge in [0.15, 0.2) is 5.17 Å². The molecule has 2 aliphatic rings.